The molecule has 0 aromatic carbocycles. The topological polar surface area (TPSA) is 115 Å². The maximum absolute atomic E-state index is 10.2. The lowest BCUT2D eigenvalue weighted by Gasteiger charge is -1.99. The fraction of sp³-hybridized carbons (Fsp3) is 0. The van der Waals surface area contributed by atoms with Crippen LogP contribution in [-0.2, 0) is 0 Å². The van der Waals surface area contributed by atoms with Crippen molar-refractivity contribution < 1.29 is 9.90 Å². The van der Waals surface area contributed by atoms with Crippen LogP contribution in [0.25, 0.3) is 0 Å². The number of aldehydes is 1. The Bertz CT molecular complexity index is 276. The van der Waals surface area contributed by atoms with E-state index < -0.39 is 5.88 Å². The SMILES string of the molecule is Nc1nc(N)c(C=O)c(O)n1. The van der Waals surface area contributed by atoms with Gasteiger partial charge in [-0.2, -0.15) is 9.97 Å². The first-order valence-corrected chi connectivity index (χ1v) is 2.72. The molecule has 6 nitrogen and oxygen atoms in total. The summed E-state index contributed by atoms with van der Waals surface area (Å²) in [5, 5.41) is 8.93. The molecule has 0 aliphatic carbocycles. The van der Waals surface area contributed by atoms with Crippen molar-refractivity contribution >= 4 is 18.1 Å². The summed E-state index contributed by atoms with van der Waals surface area (Å²) in [5.74, 6) is -0.777. The van der Waals surface area contributed by atoms with Crippen LogP contribution in [0.3, 0.4) is 0 Å². The van der Waals surface area contributed by atoms with Gasteiger partial charge in [0, 0.05) is 0 Å². The van der Waals surface area contributed by atoms with Crippen LogP contribution in [0.5, 0.6) is 5.88 Å². The molecule has 0 radical (unpaired) electrons. The van der Waals surface area contributed by atoms with Crippen LogP contribution in [0, 0.1) is 0 Å². The zero-order valence-corrected chi connectivity index (χ0v) is 5.48. The fourth-order valence-corrected chi connectivity index (χ4v) is 0.605. The molecule has 0 amide bonds. The van der Waals surface area contributed by atoms with Crippen LogP contribution in [-0.4, -0.2) is 21.4 Å². The highest BCUT2D eigenvalue weighted by molar-refractivity contribution is 5.84. The molecular weight excluding hydrogens is 148 g/mol. The van der Waals surface area contributed by atoms with Crippen molar-refractivity contribution in [2.24, 2.45) is 0 Å². The van der Waals surface area contributed by atoms with Crippen molar-refractivity contribution in [1.29, 1.82) is 0 Å². The first-order chi connectivity index (χ1) is 5.15. The van der Waals surface area contributed by atoms with Crippen molar-refractivity contribution in [2.75, 3.05) is 11.5 Å². The van der Waals surface area contributed by atoms with Crippen LogP contribution in [0.1, 0.15) is 10.4 Å². The summed E-state index contributed by atoms with van der Waals surface area (Å²) in [7, 11) is 0. The van der Waals surface area contributed by atoms with Gasteiger partial charge in [0.05, 0.1) is 0 Å². The van der Waals surface area contributed by atoms with E-state index >= 15 is 0 Å². The Morgan fingerprint density at radius 1 is 1.36 bits per heavy atom. The van der Waals surface area contributed by atoms with Crippen LogP contribution < -0.4 is 11.5 Å². The van der Waals surface area contributed by atoms with Gasteiger partial charge in [0.25, 0.3) is 0 Å². The lowest BCUT2D eigenvalue weighted by Crippen LogP contribution is -2.03. The van der Waals surface area contributed by atoms with Gasteiger partial charge in [-0.25, -0.2) is 0 Å². The number of anilines is 2. The van der Waals surface area contributed by atoms with Crippen LogP contribution in [0.2, 0.25) is 0 Å². The maximum Gasteiger partial charge on any atom is 0.228 e. The van der Waals surface area contributed by atoms with E-state index in [0.717, 1.165) is 0 Å². The Balaban J connectivity index is 3.36. The zero-order chi connectivity index (χ0) is 8.43. The first-order valence-electron chi connectivity index (χ1n) is 2.72. The molecular formula is C5H6N4O2. The third kappa shape index (κ3) is 1.18. The molecule has 5 N–H and O–H groups in total. The number of rotatable bonds is 1. The molecule has 0 atom stereocenters. The van der Waals surface area contributed by atoms with E-state index in [1.54, 1.807) is 0 Å². The average molecular weight is 154 g/mol. The van der Waals surface area contributed by atoms with Crippen molar-refractivity contribution in [3.8, 4) is 5.88 Å². The Labute approximate surface area is 61.9 Å². The van der Waals surface area contributed by atoms with E-state index in [9.17, 15) is 4.79 Å². The third-order valence-corrected chi connectivity index (χ3v) is 1.09. The number of nitrogens with zero attached hydrogens (tertiary/aromatic N) is 2. The Hall–Kier alpha value is -1.85. The van der Waals surface area contributed by atoms with Gasteiger partial charge in [0.2, 0.25) is 11.8 Å². The molecule has 0 aliphatic heterocycles. The molecule has 0 saturated heterocycles. The van der Waals surface area contributed by atoms with Crippen LogP contribution in [0.15, 0.2) is 0 Å². The molecule has 0 aliphatic rings. The minimum absolute atomic E-state index is 0.120. The number of nitrogen functional groups attached to an aromatic ring is 2. The number of aromatic nitrogens is 2. The second-order valence-corrected chi connectivity index (χ2v) is 1.82. The number of hydrogen-bond acceptors (Lipinski definition) is 6. The van der Waals surface area contributed by atoms with Gasteiger partial charge in [0.15, 0.2) is 6.29 Å². The minimum atomic E-state index is -0.495. The van der Waals surface area contributed by atoms with Gasteiger partial charge < -0.3 is 16.6 Å². The molecule has 58 valence electrons. The van der Waals surface area contributed by atoms with Crippen molar-refractivity contribution in [3.63, 3.8) is 0 Å². The van der Waals surface area contributed by atoms with Gasteiger partial charge in [-0.1, -0.05) is 0 Å². The van der Waals surface area contributed by atoms with Gasteiger partial charge in [0.1, 0.15) is 11.4 Å². The largest absolute Gasteiger partial charge is 0.493 e. The van der Waals surface area contributed by atoms with Gasteiger partial charge in [-0.05, 0) is 0 Å². The molecule has 6 heteroatoms. The number of aromatic hydroxyl groups is 1. The second-order valence-electron chi connectivity index (χ2n) is 1.82. The number of nitrogens with two attached hydrogens (primary N) is 2. The second kappa shape index (κ2) is 2.41. The van der Waals surface area contributed by atoms with E-state index in [0.29, 0.717) is 6.29 Å². The molecule has 0 bridgehead atoms. The van der Waals surface area contributed by atoms with E-state index in [1.807, 2.05) is 0 Å². The summed E-state index contributed by atoms with van der Waals surface area (Å²) in [6.45, 7) is 0. The van der Waals surface area contributed by atoms with Crippen molar-refractivity contribution in [2.45, 2.75) is 0 Å². The molecule has 1 rings (SSSR count). The van der Waals surface area contributed by atoms with Crippen LogP contribution >= 0.6 is 0 Å². The van der Waals surface area contributed by atoms with E-state index in [2.05, 4.69) is 9.97 Å². The first kappa shape index (κ1) is 7.26. The molecule has 11 heavy (non-hydrogen) atoms. The maximum atomic E-state index is 10.2. The minimum Gasteiger partial charge on any atom is -0.493 e. The number of carbonyl (C=O) groups is 1. The highest BCUT2D eigenvalue weighted by Crippen LogP contribution is 2.17. The molecule has 1 aromatic rings. The lowest BCUT2D eigenvalue weighted by molar-refractivity contribution is 0.112. The van der Waals surface area contributed by atoms with Crippen molar-refractivity contribution in [1.82, 2.24) is 9.97 Å². The molecule has 0 spiro atoms. The quantitative estimate of drug-likeness (QED) is 0.454. The van der Waals surface area contributed by atoms with Crippen molar-refractivity contribution in [3.05, 3.63) is 5.56 Å². The van der Waals surface area contributed by atoms with E-state index in [1.165, 1.54) is 0 Å². The molecule has 0 saturated carbocycles. The highest BCUT2D eigenvalue weighted by atomic mass is 16.3. The summed E-state index contributed by atoms with van der Waals surface area (Å²) in [5.41, 5.74) is 10.2. The zero-order valence-electron chi connectivity index (χ0n) is 5.48. The summed E-state index contributed by atoms with van der Waals surface area (Å²) in [6.07, 6.45) is 0.365. The summed E-state index contributed by atoms with van der Waals surface area (Å²) < 4.78 is 0. The van der Waals surface area contributed by atoms with E-state index in [4.69, 9.17) is 16.6 Å². The monoisotopic (exact) mass is 154 g/mol. The number of hydrogen-bond donors (Lipinski definition) is 3. The van der Waals surface area contributed by atoms with Crippen LogP contribution in [0.4, 0.5) is 11.8 Å². The van der Waals surface area contributed by atoms with E-state index in [-0.39, 0.29) is 17.3 Å². The van der Waals surface area contributed by atoms with Gasteiger partial charge in [-0.3, -0.25) is 4.79 Å². The third-order valence-electron chi connectivity index (χ3n) is 1.09. The standard InChI is InChI=1S/C5H6N4O2/c6-3-2(1-10)4(11)9-5(7)8-3/h1H,(H5,6,7,8,9,11). The number of carbonyl (C=O) groups excluding carboxylic acids is 1. The highest BCUT2D eigenvalue weighted by Gasteiger charge is 2.07. The molecule has 1 aromatic heterocycles. The lowest BCUT2D eigenvalue weighted by atomic mass is 10.3. The average Bonchev–Trinajstić information content (AvgIpc) is 1.85. The predicted octanol–water partition coefficient (Wildman–Crippen LogP) is -0.841. The van der Waals surface area contributed by atoms with Gasteiger partial charge in [-0.15, -0.1) is 0 Å². The predicted molar refractivity (Wildman–Crippen MR) is 37.9 cm³/mol. The molecule has 0 unspecified atom stereocenters. The molecule has 1 heterocycles. The Morgan fingerprint density at radius 3 is 2.45 bits per heavy atom. The normalized spacial score (nSPS) is 9.45. The molecule has 0 fully saturated rings. The summed E-state index contributed by atoms with van der Waals surface area (Å²) in [4.78, 5) is 17.0. The smallest absolute Gasteiger partial charge is 0.228 e. The Kier molecular flexibility index (Phi) is 1.59. The summed E-state index contributed by atoms with van der Waals surface area (Å²) in [6, 6.07) is 0. The fourth-order valence-electron chi connectivity index (χ4n) is 0.605. The summed E-state index contributed by atoms with van der Waals surface area (Å²) >= 11 is 0. The Morgan fingerprint density at radius 2 is 2.00 bits per heavy atom. The van der Waals surface area contributed by atoms with Gasteiger partial charge >= 0.3 is 0 Å².